The van der Waals surface area contributed by atoms with Crippen molar-refractivity contribution in [3.05, 3.63) is 40.7 Å². The van der Waals surface area contributed by atoms with Crippen molar-refractivity contribution in [1.29, 1.82) is 0 Å². The highest BCUT2D eigenvalue weighted by Crippen LogP contribution is 2.43. The van der Waals surface area contributed by atoms with Crippen LogP contribution in [0.1, 0.15) is 35.1 Å². The Bertz CT molecular complexity index is 904. The van der Waals surface area contributed by atoms with E-state index in [1.54, 1.807) is 6.92 Å². The number of aromatic nitrogens is 3. The summed E-state index contributed by atoms with van der Waals surface area (Å²) in [6, 6.07) is 7.67. The van der Waals surface area contributed by atoms with Crippen molar-refractivity contribution in [2.24, 2.45) is 0 Å². The third kappa shape index (κ3) is 3.17. The topological polar surface area (TPSA) is 69.5 Å². The van der Waals surface area contributed by atoms with Crippen molar-refractivity contribution in [3.8, 4) is 0 Å². The van der Waals surface area contributed by atoms with Gasteiger partial charge in [0.15, 0.2) is 10.9 Å². The van der Waals surface area contributed by atoms with Crippen molar-refractivity contribution in [1.82, 2.24) is 19.7 Å². The number of rotatable bonds is 3. The van der Waals surface area contributed by atoms with Crippen molar-refractivity contribution in [3.63, 3.8) is 0 Å². The lowest BCUT2D eigenvalue weighted by Gasteiger charge is -2.42. The van der Waals surface area contributed by atoms with Gasteiger partial charge in [0.25, 0.3) is 5.91 Å². The summed E-state index contributed by atoms with van der Waals surface area (Å²) in [6.45, 7) is 4.68. The molecule has 0 aliphatic carbocycles. The number of ether oxygens (including phenoxy) is 2. The van der Waals surface area contributed by atoms with E-state index in [9.17, 15) is 4.79 Å². The van der Waals surface area contributed by atoms with E-state index < -0.39 is 5.79 Å². The molecule has 0 N–H and O–H groups in total. The number of aryl methyl sites for hydroxylation is 1. The second-order valence-corrected chi connectivity index (χ2v) is 8.92. The molecular weight excluding hydrogens is 400 g/mol. The number of fused-ring (bicyclic) bond motifs is 1. The summed E-state index contributed by atoms with van der Waals surface area (Å²) in [5.74, 6) is 0.136. The van der Waals surface area contributed by atoms with E-state index in [2.05, 4.69) is 15.0 Å². The summed E-state index contributed by atoms with van der Waals surface area (Å²) in [5.41, 5.74) is 1.03. The fourth-order valence-electron chi connectivity index (χ4n) is 4.30. The first-order chi connectivity index (χ1) is 13.5. The average Bonchev–Trinajstić information content (AvgIpc) is 3.35. The summed E-state index contributed by atoms with van der Waals surface area (Å²) in [4.78, 5) is 19.9. The molecule has 2 atom stereocenters. The molecular formula is C19H21ClN4O3S. The normalized spacial score (nSPS) is 25.4. The molecule has 1 aromatic carbocycles. The zero-order valence-corrected chi connectivity index (χ0v) is 17.1. The van der Waals surface area contributed by atoms with Crippen molar-refractivity contribution in [2.45, 2.75) is 42.0 Å². The van der Waals surface area contributed by atoms with Crippen molar-refractivity contribution >= 4 is 29.3 Å². The van der Waals surface area contributed by atoms with Gasteiger partial charge in [-0.05, 0) is 24.6 Å². The molecule has 2 saturated heterocycles. The second-order valence-electron chi connectivity index (χ2n) is 7.37. The number of carbonyl (C=O) groups is 1. The molecule has 5 rings (SSSR count). The summed E-state index contributed by atoms with van der Waals surface area (Å²) in [6.07, 6.45) is 1.58. The molecule has 1 aromatic heterocycles. The summed E-state index contributed by atoms with van der Waals surface area (Å²) >= 11 is 7.76. The van der Waals surface area contributed by atoms with Gasteiger partial charge in [-0.25, -0.2) is 4.98 Å². The Labute approximate surface area is 172 Å². The van der Waals surface area contributed by atoms with Crippen LogP contribution in [-0.2, 0) is 9.47 Å². The van der Waals surface area contributed by atoms with Crippen LogP contribution in [0.5, 0.6) is 0 Å². The minimum atomic E-state index is -0.451. The van der Waals surface area contributed by atoms with Gasteiger partial charge in [-0.1, -0.05) is 35.5 Å². The number of carbonyl (C=O) groups excluding carboxylic acids is 1. The zero-order chi connectivity index (χ0) is 19.3. The Kier molecular flexibility index (Phi) is 4.71. The Morgan fingerprint density at radius 3 is 2.71 bits per heavy atom. The number of piperidine rings is 1. The molecule has 1 spiro atoms. The first kappa shape index (κ1) is 18.6. The lowest BCUT2D eigenvalue weighted by Crippen LogP contribution is -2.49. The summed E-state index contributed by atoms with van der Waals surface area (Å²) in [7, 11) is 0. The SMILES string of the molecule is Cc1nc2n(n1)C(=O)C(C(c1cccc(Cl)c1)N1CCC3(CC1)OCCO3)S2. The maximum absolute atomic E-state index is 13.1. The molecule has 2 fully saturated rings. The van der Waals surface area contributed by atoms with Crippen molar-refractivity contribution in [2.75, 3.05) is 26.3 Å². The summed E-state index contributed by atoms with van der Waals surface area (Å²) < 4.78 is 13.2. The molecule has 7 nitrogen and oxygen atoms in total. The minimum Gasteiger partial charge on any atom is -0.347 e. The Morgan fingerprint density at radius 1 is 1.29 bits per heavy atom. The molecule has 148 valence electrons. The quantitative estimate of drug-likeness (QED) is 0.756. The molecule has 3 aliphatic rings. The van der Waals surface area contributed by atoms with Crippen LogP contribution >= 0.6 is 23.4 Å². The van der Waals surface area contributed by atoms with Crippen molar-refractivity contribution < 1.29 is 14.3 Å². The lowest BCUT2D eigenvalue weighted by atomic mass is 9.96. The van der Waals surface area contributed by atoms with Gasteiger partial charge in [-0.3, -0.25) is 9.69 Å². The van der Waals surface area contributed by atoms with E-state index in [0.29, 0.717) is 29.2 Å². The number of thioether (sulfide) groups is 1. The first-order valence-corrected chi connectivity index (χ1v) is 10.7. The maximum Gasteiger partial charge on any atom is 0.264 e. The number of benzene rings is 1. The first-order valence-electron chi connectivity index (χ1n) is 9.47. The lowest BCUT2D eigenvalue weighted by molar-refractivity contribution is -0.187. The van der Waals surface area contributed by atoms with E-state index in [4.69, 9.17) is 21.1 Å². The second kappa shape index (κ2) is 7.11. The molecule has 0 amide bonds. The average molecular weight is 421 g/mol. The fourth-order valence-corrected chi connectivity index (χ4v) is 5.80. The number of halogens is 1. The van der Waals surface area contributed by atoms with E-state index in [1.807, 2.05) is 24.3 Å². The van der Waals surface area contributed by atoms with Gasteiger partial charge in [0.1, 0.15) is 11.1 Å². The highest BCUT2D eigenvalue weighted by molar-refractivity contribution is 8.00. The Morgan fingerprint density at radius 2 is 2.04 bits per heavy atom. The Hall–Kier alpha value is -1.45. The van der Waals surface area contributed by atoms with Crippen LogP contribution in [0.15, 0.2) is 29.4 Å². The smallest absolute Gasteiger partial charge is 0.264 e. The van der Waals surface area contributed by atoms with Crippen LogP contribution in [0.2, 0.25) is 5.02 Å². The Balaban J connectivity index is 1.45. The number of likely N-dealkylation sites (tertiary alicyclic amines) is 1. The number of hydrogen-bond acceptors (Lipinski definition) is 7. The largest absolute Gasteiger partial charge is 0.347 e. The molecule has 0 radical (unpaired) electrons. The van der Waals surface area contributed by atoms with E-state index in [1.165, 1.54) is 16.4 Å². The van der Waals surface area contributed by atoms with Gasteiger partial charge >= 0.3 is 0 Å². The third-order valence-corrected chi connectivity index (χ3v) is 7.04. The van der Waals surface area contributed by atoms with Gasteiger partial charge in [0, 0.05) is 31.0 Å². The zero-order valence-electron chi connectivity index (χ0n) is 15.5. The number of hydrogen-bond donors (Lipinski definition) is 0. The molecule has 0 saturated carbocycles. The predicted octanol–water partition coefficient (Wildman–Crippen LogP) is 2.93. The standard InChI is InChI=1S/C19H21ClN4O3S/c1-12-21-18-24(22-12)17(25)16(28-18)15(13-3-2-4-14(20)11-13)23-7-5-19(6-8-23)26-9-10-27-19/h2-4,11,15-16H,5-10H2,1H3. The predicted molar refractivity (Wildman–Crippen MR) is 105 cm³/mol. The number of nitrogens with zero attached hydrogens (tertiary/aromatic N) is 4. The van der Waals surface area contributed by atoms with Crippen LogP contribution in [0, 0.1) is 6.92 Å². The summed E-state index contributed by atoms with van der Waals surface area (Å²) in [5, 5.41) is 5.29. The molecule has 28 heavy (non-hydrogen) atoms. The fraction of sp³-hybridized carbons (Fsp3) is 0.526. The highest BCUT2D eigenvalue weighted by Gasteiger charge is 2.46. The molecule has 9 heteroatoms. The molecule has 2 aromatic rings. The third-order valence-electron chi connectivity index (χ3n) is 5.61. The van der Waals surface area contributed by atoms with Crippen LogP contribution in [0.4, 0.5) is 0 Å². The highest BCUT2D eigenvalue weighted by atomic mass is 35.5. The molecule has 3 aliphatic heterocycles. The minimum absolute atomic E-state index is 0.0285. The van der Waals surface area contributed by atoms with Crippen LogP contribution in [0.3, 0.4) is 0 Å². The molecule has 0 bridgehead atoms. The molecule has 2 unspecified atom stereocenters. The van der Waals surface area contributed by atoms with E-state index in [0.717, 1.165) is 31.5 Å². The van der Waals surface area contributed by atoms with E-state index in [-0.39, 0.29) is 17.2 Å². The maximum atomic E-state index is 13.1. The van der Waals surface area contributed by atoms with Gasteiger partial charge < -0.3 is 9.47 Å². The van der Waals surface area contributed by atoms with Gasteiger partial charge in [-0.2, -0.15) is 4.68 Å². The van der Waals surface area contributed by atoms with Gasteiger partial charge in [0.05, 0.1) is 19.3 Å². The van der Waals surface area contributed by atoms with Crippen LogP contribution in [0.25, 0.3) is 0 Å². The van der Waals surface area contributed by atoms with Crippen LogP contribution in [-0.4, -0.2) is 62.9 Å². The van der Waals surface area contributed by atoms with Gasteiger partial charge in [-0.15, -0.1) is 5.10 Å². The van der Waals surface area contributed by atoms with E-state index >= 15 is 0 Å². The van der Waals surface area contributed by atoms with Gasteiger partial charge in [0.2, 0.25) is 0 Å². The molecule has 4 heterocycles. The monoisotopic (exact) mass is 420 g/mol. The van der Waals surface area contributed by atoms with Crippen LogP contribution < -0.4 is 0 Å².